The number of rotatable bonds is 7. The van der Waals surface area contributed by atoms with Crippen LogP contribution in [0.3, 0.4) is 0 Å². The molecule has 1 N–H and O–H groups in total. The van der Waals surface area contributed by atoms with Crippen LogP contribution in [-0.2, 0) is 11.8 Å². The number of carbonyl (C=O) groups excluding carboxylic acids is 1. The molecule has 2 aromatic heterocycles. The van der Waals surface area contributed by atoms with Crippen molar-refractivity contribution in [2.45, 2.75) is 31.8 Å². The van der Waals surface area contributed by atoms with Gasteiger partial charge in [0.05, 0.1) is 22.8 Å². The predicted molar refractivity (Wildman–Crippen MR) is 133 cm³/mol. The molecule has 170 valence electrons. The van der Waals surface area contributed by atoms with Crippen LogP contribution in [0.25, 0.3) is 11.4 Å². The first kappa shape index (κ1) is 22.7. The molecule has 2 aromatic carbocycles. The average Bonchev–Trinajstić information content (AvgIpc) is 3.37. The summed E-state index contributed by atoms with van der Waals surface area (Å²) in [6.45, 7) is 6.13. The number of hydrogen-bond donors (Lipinski definition) is 1. The highest BCUT2D eigenvalue weighted by atomic mass is 32.2. The summed E-state index contributed by atoms with van der Waals surface area (Å²) in [5, 5.41) is 3.54. The molecular weight excluding hydrogens is 434 g/mol. The smallest absolute Gasteiger partial charge is 0.295 e. The van der Waals surface area contributed by atoms with E-state index in [0.717, 1.165) is 16.5 Å². The van der Waals surface area contributed by atoms with Crippen molar-refractivity contribution in [1.82, 2.24) is 18.9 Å². The Bertz CT molecular complexity index is 1330. The molecule has 4 rings (SSSR count). The van der Waals surface area contributed by atoms with Gasteiger partial charge in [0.2, 0.25) is 5.91 Å². The maximum atomic E-state index is 13.0. The molecule has 0 fully saturated rings. The monoisotopic (exact) mass is 461 g/mol. The molecule has 1 amide bonds. The number of thioether (sulfide) groups is 1. The summed E-state index contributed by atoms with van der Waals surface area (Å²) in [5.74, 6) is 0.246. The van der Waals surface area contributed by atoms with Gasteiger partial charge in [-0.05, 0) is 36.6 Å². The Balaban J connectivity index is 1.52. The number of nitrogens with one attached hydrogen (secondary N) is 1. The second-order valence-electron chi connectivity index (χ2n) is 8.07. The SMILES string of the molecule is Cc1c(NC(=O)CSc2nccn2-c2ccccc2C(C)C)c(=O)n(-c2ccccc2)n1C. The van der Waals surface area contributed by atoms with E-state index in [1.54, 1.807) is 22.6 Å². The topological polar surface area (TPSA) is 73.8 Å². The van der Waals surface area contributed by atoms with Crippen molar-refractivity contribution >= 4 is 23.4 Å². The minimum absolute atomic E-state index is 0.139. The number of anilines is 1. The molecule has 33 heavy (non-hydrogen) atoms. The normalized spacial score (nSPS) is 11.2. The van der Waals surface area contributed by atoms with E-state index in [1.165, 1.54) is 17.3 Å². The Hall–Kier alpha value is -3.52. The van der Waals surface area contributed by atoms with Crippen molar-refractivity contribution in [3.63, 3.8) is 0 Å². The molecule has 0 saturated carbocycles. The van der Waals surface area contributed by atoms with E-state index in [4.69, 9.17) is 0 Å². The van der Waals surface area contributed by atoms with Crippen molar-refractivity contribution in [3.05, 3.63) is 88.6 Å². The summed E-state index contributed by atoms with van der Waals surface area (Å²) in [5.41, 5.74) is 3.73. The molecule has 0 aliphatic rings. The van der Waals surface area contributed by atoms with Gasteiger partial charge in [0.1, 0.15) is 5.69 Å². The van der Waals surface area contributed by atoms with Crippen LogP contribution >= 0.6 is 11.8 Å². The van der Waals surface area contributed by atoms with Gasteiger partial charge in [-0.2, -0.15) is 0 Å². The second kappa shape index (κ2) is 9.54. The molecular formula is C25H27N5O2S. The molecule has 0 bridgehead atoms. The van der Waals surface area contributed by atoms with Crippen LogP contribution in [0.2, 0.25) is 0 Å². The fraction of sp³-hybridized carbons (Fsp3) is 0.240. The number of nitrogens with zero attached hydrogens (tertiary/aromatic N) is 4. The van der Waals surface area contributed by atoms with Gasteiger partial charge in [-0.1, -0.05) is 62.0 Å². The average molecular weight is 462 g/mol. The number of benzene rings is 2. The van der Waals surface area contributed by atoms with Crippen LogP contribution in [0.15, 0.2) is 76.9 Å². The fourth-order valence-electron chi connectivity index (χ4n) is 3.79. The Morgan fingerprint density at radius 3 is 2.52 bits per heavy atom. The Labute approximate surface area is 197 Å². The summed E-state index contributed by atoms with van der Waals surface area (Å²) >= 11 is 1.34. The first-order valence-electron chi connectivity index (χ1n) is 10.8. The standard InChI is InChI=1S/C25H27N5O2S/c1-17(2)20-12-8-9-13-21(20)29-15-14-26-25(29)33-16-22(31)27-23-18(3)28(4)30(24(23)32)19-10-6-5-7-11-19/h5-15,17H,16H2,1-4H3,(H,27,31). The highest BCUT2D eigenvalue weighted by Crippen LogP contribution is 2.27. The first-order chi connectivity index (χ1) is 15.9. The molecule has 8 heteroatoms. The van der Waals surface area contributed by atoms with Crippen LogP contribution in [0.5, 0.6) is 0 Å². The van der Waals surface area contributed by atoms with Crippen LogP contribution in [0.1, 0.15) is 31.0 Å². The van der Waals surface area contributed by atoms with E-state index in [2.05, 4.69) is 36.3 Å². The zero-order chi connectivity index (χ0) is 23.5. The number of imidazole rings is 1. The van der Waals surface area contributed by atoms with Gasteiger partial charge >= 0.3 is 0 Å². The molecule has 4 aromatic rings. The molecule has 0 spiro atoms. The molecule has 0 radical (unpaired) electrons. The second-order valence-corrected chi connectivity index (χ2v) is 9.01. The molecule has 0 aliphatic heterocycles. The zero-order valence-electron chi connectivity index (χ0n) is 19.1. The van der Waals surface area contributed by atoms with Crippen molar-refractivity contribution in [2.75, 3.05) is 11.1 Å². The largest absolute Gasteiger partial charge is 0.319 e. The van der Waals surface area contributed by atoms with Crippen molar-refractivity contribution in [2.24, 2.45) is 7.05 Å². The number of carbonyl (C=O) groups is 1. The van der Waals surface area contributed by atoms with Crippen LogP contribution in [0, 0.1) is 6.92 Å². The van der Waals surface area contributed by atoms with E-state index in [9.17, 15) is 9.59 Å². The van der Waals surface area contributed by atoms with Gasteiger partial charge in [0.25, 0.3) is 5.56 Å². The summed E-state index contributed by atoms with van der Waals surface area (Å²) in [7, 11) is 1.80. The number of para-hydroxylation sites is 2. The van der Waals surface area contributed by atoms with Crippen molar-refractivity contribution < 1.29 is 4.79 Å². The lowest BCUT2D eigenvalue weighted by molar-refractivity contribution is -0.113. The van der Waals surface area contributed by atoms with Crippen molar-refractivity contribution in [3.8, 4) is 11.4 Å². The van der Waals surface area contributed by atoms with Crippen LogP contribution in [0.4, 0.5) is 5.69 Å². The quantitative estimate of drug-likeness (QED) is 0.411. The third-order valence-electron chi connectivity index (χ3n) is 5.58. The number of hydrogen-bond acceptors (Lipinski definition) is 4. The Kier molecular flexibility index (Phi) is 6.55. The molecule has 0 unspecified atom stereocenters. The van der Waals surface area contributed by atoms with Gasteiger partial charge in [-0.15, -0.1) is 0 Å². The number of aromatic nitrogens is 4. The summed E-state index contributed by atoms with van der Waals surface area (Å²) in [6, 6.07) is 17.6. The molecule has 0 atom stereocenters. The Morgan fingerprint density at radius 1 is 1.09 bits per heavy atom. The third-order valence-corrected chi connectivity index (χ3v) is 6.54. The van der Waals surface area contributed by atoms with Gasteiger partial charge in [0, 0.05) is 19.4 Å². The van der Waals surface area contributed by atoms with E-state index in [1.807, 2.05) is 60.2 Å². The lowest BCUT2D eigenvalue weighted by Gasteiger charge is -2.15. The lowest BCUT2D eigenvalue weighted by Crippen LogP contribution is -2.23. The fourth-order valence-corrected chi connectivity index (χ4v) is 4.56. The third kappa shape index (κ3) is 4.52. The highest BCUT2D eigenvalue weighted by Gasteiger charge is 2.19. The summed E-state index contributed by atoms with van der Waals surface area (Å²) in [6.07, 6.45) is 3.64. The van der Waals surface area contributed by atoms with E-state index in [-0.39, 0.29) is 17.2 Å². The lowest BCUT2D eigenvalue weighted by atomic mass is 10.0. The number of amides is 1. The molecule has 0 saturated heterocycles. The highest BCUT2D eigenvalue weighted by molar-refractivity contribution is 7.99. The summed E-state index contributed by atoms with van der Waals surface area (Å²) in [4.78, 5) is 30.2. The van der Waals surface area contributed by atoms with Gasteiger partial charge in [-0.25, -0.2) is 9.67 Å². The molecule has 2 heterocycles. The predicted octanol–water partition coefficient (Wildman–Crippen LogP) is 4.52. The first-order valence-corrected chi connectivity index (χ1v) is 11.8. The maximum absolute atomic E-state index is 13.0. The van der Waals surface area contributed by atoms with Gasteiger partial charge in [-0.3, -0.25) is 18.8 Å². The van der Waals surface area contributed by atoms with Crippen LogP contribution < -0.4 is 10.9 Å². The van der Waals surface area contributed by atoms with E-state index >= 15 is 0 Å². The maximum Gasteiger partial charge on any atom is 0.295 e. The minimum atomic E-state index is -0.257. The van der Waals surface area contributed by atoms with Gasteiger partial charge in [0.15, 0.2) is 5.16 Å². The summed E-state index contributed by atoms with van der Waals surface area (Å²) < 4.78 is 5.30. The van der Waals surface area contributed by atoms with Crippen LogP contribution in [-0.4, -0.2) is 30.6 Å². The zero-order valence-corrected chi connectivity index (χ0v) is 20.0. The molecule has 0 aliphatic carbocycles. The van der Waals surface area contributed by atoms with Gasteiger partial charge < -0.3 is 5.32 Å². The minimum Gasteiger partial charge on any atom is -0.319 e. The molecule has 7 nitrogen and oxygen atoms in total. The van der Waals surface area contributed by atoms with E-state index in [0.29, 0.717) is 17.3 Å². The Morgan fingerprint density at radius 2 is 1.79 bits per heavy atom. The van der Waals surface area contributed by atoms with Crippen molar-refractivity contribution in [1.29, 1.82) is 0 Å². The van der Waals surface area contributed by atoms with E-state index < -0.39 is 0 Å².